The highest BCUT2D eigenvalue weighted by Gasteiger charge is 2.35. The number of methoxy groups -OCH3 is 1. The maximum atomic E-state index is 15.0. The van der Waals surface area contributed by atoms with Crippen LogP contribution in [0.25, 0.3) is 0 Å². The lowest BCUT2D eigenvalue weighted by Crippen LogP contribution is -2.52. The quantitative estimate of drug-likeness (QED) is 0.0243. The van der Waals surface area contributed by atoms with Gasteiger partial charge in [-0.3, -0.25) is 24.0 Å². The standard InChI is InChI=1S/C60H87N9O10/c1-44-18-16-20-53(63-44)68(59(77)50-25-24-49(78-5)37-52(50)66-33-27-45(28-34-66)42-79-55-36-47(26-31-62-55)51(38-56(71)72)46-22-23-46)43-60(2,3)29-14-10-11-15-32-67-39-48(64-65-67)19-12-8-6-7-9-13-21-54(70)61-30-17-35-69(4,40-57(73)74)41-58(75)76/h16,18,20,24-26,31,36-37,39,45-46,51H,6-15,17,19,21-23,27-30,32-35,38,40-43H2,1-5H3,(H3-,61,70,71,72,73,74,75,76)/p+1/t51-/m0/s1. The number of carboxylic acids is 3. The Bertz CT molecular complexity index is 2580. The number of quaternary nitrogens is 1. The molecular weight excluding hydrogens is 1010 g/mol. The average molecular weight is 1100 g/mol. The summed E-state index contributed by atoms with van der Waals surface area (Å²) in [5, 5.41) is 39.5. The SMILES string of the molecule is COc1ccc(C(=O)N(CC(C)(C)CCCCCCn2cc(CCCCCCCCC(=O)NCCC[N+](C)(CC(=O)O)CC(=O)O)nn2)c2cccc(C)n2)c(N2CCC(COc3cc([C@@H](CC(=O)O)C4CC4)ccn3)CC2)c1. The summed E-state index contributed by atoms with van der Waals surface area (Å²) in [5.74, 6) is -0.473. The Labute approximate surface area is 467 Å². The number of hydrogen-bond donors (Lipinski definition) is 4. The Morgan fingerprint density at radius 3 is 2.25 bits per heavy atom. The fourth-order valence-electron chi connectivity index (χ4n) is 10.9. The van der Waals surface area contributed by atoms with Gasteiger partial charge in [-0.1, -0.05) is 70.1 Å². The van der Waals surface area contributed by atoms with Gasteiger partial charge in [0, 0.05) is 75.8 Å². The topological polar surface area (TPSA) is 239 Å². The highest BCUT2D eigenvalue weighted by atomic mass is 16.5. The first-order chi connectivity index (χ1) is 37.9. The van der Waals surface area contributed by atoms with Crippen LogP contribution in [0.1, 0.15) is 163 Å². The molecule has 2 aliphatic rings. The minimum Gasteiger partial charge on any atom is -0.497 e. The van der Waals surface area contributed by atoms with Crippen molar-refractivity contribution in [1.29, 1.82) is 0 Å². The van der Waals surface area contributed by atoms with E-state index >= 15 is 0 Å². The van der Waals surface area contributed by atoms with E-state index in [4.69, 9.17) is 24.7 Å². The second kappa shape index (κ2) is 30.7. The number of carbonyl (C=O) groups is 5. The van der Waals surface area contributed by atoms with E-state index in [0.29, 0.717) is 73.9 Å². The highest BCUT2D eigenvalue weighted by molar-refractivity contribution is 6.09. The molecular formula is C60H88N9O10+. The van der Waals surface area contributed by atoms with Gasteiger partial charge in [-0.2, -0.15) is 0 Å². The molecule has 432 valence electrons. The van der Waals surface area contributed by atoms with Gasteiger partial charge < -0.3 is 39.5 Å². The number of pyridine rings is 2. The Hall–Kier alpha value is -6.63. The Morgan fingerprint density at radius 2 is 1.56 bits per heavy atom. The number of aliphatic carboxylic acids is 3. The maximum Gasteiger partial charge on any atom is 0.359 e. The van der Waals surface area contributed by atoms with Crippen molar-refractivity contribution in [3.8, 4) is 11.6 Å². The van der Waals surface area contributed by atoms with Gasteiger partial charge in [0.2, 0.25) is 11.8 Å². The molecule has 1 saturated heterocycles. The number of nitrogens with zero attached hydrogens (tertiary/aromatic N) is 8. The number of benzene rings is 1. The lowest BCUT2D eigenvalue weighted by molar-refractivity contribution is -0.895. The smallest absolute Gasteiger partial charge is 0.359 e. The normalized spacial score (nSPS) is 14.4. The number of aromatic nitrogens is 5. The molecule has 0 bridgehead atoms. The van der Waals surface area contributed by atoms with Crippen LogP contribution in [0, 0.1) is 24.2 Å². The van der Waals surface area contributed by atoms with Gasteiger partial charge >= 0.3 is 17.9 Å². The maximum absolute atomic E-state index is 15.0. The van der Waals surface area contributed by atoms with E-state index in [9.17, 15) is 29.1 Å². The van der Waals surface area contributed by atoms with Gasteiger partial charge in [-0.15, -0.1) is 5.10 Å². The van der Waals surface area contributed by atoms with Crippen LogP contribution in [0.5, 0.6) is 11.6 Å². The van der Waals surface area contributed by atoms with Gasteiger partial charge in [-0.25, -0.2) is 19.6 Å². The number of likely N-dealkylation sites (N-methyl/N-ethyl adjacent to an activating group) is 1. The number of carboxylic acid groups (broad SMARTS) is 3. The Balaban J connectivity index is 0.891. The van der Waals surface area contributed by atoms with Crippen LogP contribution in [-0.2, 0) is 32.1 Å². The van der Waals surface area contributed by atoms with Crippen LogP contribution in [0.3, 0.4) is 0 Å². The molecule has 0 spiro atoms. The van der Waals surface area contributed by atoms with Gasteiger partial charge in [0.25, 0.3) is 5.91 Å². The van der Waals surface area contributed by atoms with Crippen molar-refractivity contribution in [2.45, 2.75) is 155 Å². The number of piperidine rings is 1. The zero-order valence-corrected chi connectivity index (χ0v) is 47.6. The molecule has 1 aromatic carbocycles. The van der Waals surface area contributed by atoms with Crippen molar-refractivity contribution in [3.63, 3.8) is 0 Å². The molecule has 1 aliphatic heterocycles. The molecule has 2 amide bonds. The van der Waals surface area contributed by atoms with Crippen LogP contribution in [0.4, 0.5) is 11.5 Å². The minimum absolute atomic E-state index is 0.0185. The average Bonchev–Trinajstić information content (AvgIpc) is 4.21. The third-order valence-electron chi connectivity index (χ3n) is 15.5. The fraction of sp³-hybridized carbons (Fsp3) is 0.617. The Morgan fingerprint density at radius 1 is 0.848 bits per heavy atom. The van der Waals surface area contributed by atoms with E-state index in [1.54, 1.807) is 20.4 Å². The molecule has 0 radical (unpaired) electrons. The molecule has 4 N–H and O–H groups in total. The van der Waals surface area contributed by atoms with E-state index in [-0.39, 0.29) is 47.1 Å². The summed E-state index contributed by atoms with van der Waals surface area (Å²) in [6, 6.07) is 15.4. The van der Waals surface area contributed by atoms with Crippen molar-refractivity contribution < 1.29 is 53.2 Å². The highest BCUT2D eigenvalue weighted by Crippen LogP contribution is 2.45. The molecule has 3 aromatic heterocycles. The lowest BCUT2D eigenvalue weighted by Gasteiger charge is -2.36. The fourth-order valence-corrected chi connectivity index (χ4v) is 10.9. The molecule has 1 saturated carbocycles. The number of carbonyl (C=O) groups excluding carboxylic acids is 2. The van der Waals surface area contributed by atoms with Gasteiger partial charge in [0.05, 0.1) is 50.7 Å². The molecule has 79 heavy (non-hydrogen) atoms. The second-order valence-electron chi connectivity index (χ2n) is 23.2. The van der Waals surface area contributed by atoms with Crippen molar-refractivity contribution in [2.24, 2.45) is 17.3 Å². The molecule has 0 unspecified atom stereocenters. The number of aryl methyl sites for hydroxylation is 3. The van der Waals surface area contributed by atoms with Crippen LogP contribution in [0.15, 0.2) is 60.9 Å². The zero-order chi connectivity index (χ0) is 56.8. The predicted molar refractivity (Wildman–Crippen MR) is 303 cm³/mol. The molecule has 6 rings (SSSR count). The van der Waals surface area contributed by atoms with Crippen molar-refractivity contribution in [3.05, 3.63) is 83.4 Å². The van der Waals surface area contributed by atoms with E-state index in [2.05, 4.69) is 45.6 Å². The van der Waals surface area contributed by atoms with Gasteiger partial charge in [0.15, 0.2) is 13.1 Å². The number of ether oxygens (including phenoxy) is 2. The van der Waals surface area contributed by atoms with Crippen LogP contribution in [0.2, 0.25) is 0 Å². The number of unbranched alkanes of at least 4 members (excludes halogenated alkanes) is 8. The number of nitrogens with one attached hydrogen (secondary N) is 1. The summed E-state index contributed by atoms with van der Waals surface area (Å²) < 4.78 is 13.8. The molecule has 1 aliphatic carbocycles. The molecule has 19 heteroatoms. The summed E-state index contributed by atoms with van der Waals surface area (Å²) in [7, 11) is 3.26. The Kier molecular flexibility index (Phi) is 23.9. The van der Waals surface area contributed by atoms with Crippen LogP contribution in [-0.4, -0.2) is 141 Å². The molecule has 4 aromatic rings. The molecule has 1 atom stereocenters. The van der Waals surface area contributed by atoms with Crippen LogP contribution >= 0.6 is 0 Å². The summed E-state index contributed by atoms with van der Waals surface area (Å²) in [4.78, 5) is 74.7. The number of anilines is 2. The van der Waals surface area contributed by atoms with E-state index in [1.807, 2.05) is 65.0 Å². The van der Waals surface area contributed by atoms with Crippen molar-refractivity contribution in [2.75, 3.05) is 76.4 Å². The van der Waals surface area contributed by atoms with E-state index in [0.717, 1.165) is 145 Å². The van der Waals surface area contributed by atoms with Crippen molar-refractivity contribution >= 4 is 41.2 Å². The summed E-state index contributed by atoms with van der Waals surface area (Å²) >= 11 is 0. The molecule has 19 nitrogen and oxygen atoms in total. The second-order valence-corrected chi connectivity index (χ2v) is 23.2. The summed E-state index contributed by atoms with van der Waals surface area (Å²) in [6.07, 6.45) is 20.7. The molecule has 4 heterocycles. The lowest BCUT2D eigenvalue weighted by atomic mass is 9.86. The monoisotopic (exact) mass is 1090 g/mol. The van der Waals surface area contributed by atoms with E-state index in [1.165, 1.54) is 0 Å². The molecule has 2 fully saturated rings. The first-order valence-electron chi connectivity index (χ1n) is 28.8. The third kappa shape index (κ3) is 21.2. The number of hydrogen-bond acceptors (Lipinski definition) is 12. The first kappa shape index (κ1) is 61.6. The number of rotatable bonds is 37. The zero-order valence-electron chi connectivity index (χ0n) is 47.6. The van der Waals surface area contributed by atoms with Crippen molar-refractivity contribution in [1.82, 2.24) is 30.3 Å². The third-order valence-corrected chi connectivity index (χ3v) is 15.5. The minimum atomic E-state index is -1.05. The largest absolute Gasteiger partial charge is 0.497 e. The summed E-state index contributed by atoms with van der Waals surface area (Å²) in [6.45, 7) is 9.93. The van der Waals surface area contributed by atoms with E-state index < -0.39 is 17.9 Å². The number of amides is 2. The summed E-state index contributed by atoms with van der Waals surface area (Å²) in [5.41, 5.74) is 4.09. The van der Waals surface area contributed by atoms with Crippen LogP contribution < -0.4 is 24.6 Å². The van der Waals surface area contributed by atoms with Gasteiger partial charge in [-0.05, 0) is 124 Å². The first-order valence-corrected chi connectivity index (χ1v) is 28.8. The predicted octanol–water partition coefficient (Wildman–Crippen LogP) is 9.37. The van der Waals surface area contributed by atoms with Gasteiger partial charge in [0.1, 0.15) is 11.6 Å².